The van der Waals surface area contributed by atoms with E-state index in [-0.39, 0.29) is 22.0 Å². The van der Waals surface area contributed by atoms with E-state index in [9.17, 15) is 21.6 Å². The van der Waals surface area contributed by atoms with E-state index in [4.69, 9.17) is 0 Å². The zero-order valence-electron chi connectivity index (χ0n) is 22.8. The van der Waals surface area contributed by atoms with E-state index >= 15 is 0 Å². The van der Waals surface area contributed by atoms with Gasteiger partial charge in [0, 0.05) is 35.9 Å². The van der Waals surface area contributed by atoms with Crippen LogP contribution >= 0.6 is 0 Å². The fourth-order valence-electron chi connectivity index (χ4n) is 5.76. The Bertz CT molecular complexity index is 1520. The van der Waals surface area contributed by atoms with Crippen LogP contribution in [0, 0.1) is 0 Å². The largest absolute Gasteiger partial charge is 0.573 e. The van der Waals surface area contributed by atoms with E-state index in [1.54, 1.807) is 0 Å². The summed E-state index contributed by atoms with van der Waals surface area (Å²) < 4.78 is 69.4. The van der Waals surface area contributed by atoms with E-state index in [1.807, 2.05) is 0 Å². The highest BCUT2D eigenvalue weighted by atomic mass is 32.2. The molecular formula is C27H33F3N6O3S. The molecule has 0 amide bonds. The van der Waals surface area contributed by atoms with Crippen molar-refractivity contribution in [3.8, 4) is 5.75 Å². The molecule has 2 aliphatic rings. The van der Waals surface area contributed by atoms with Crippen LogP contribution in [0.4, 0.5) is 19.0 Å². The minimum Gasteiger partial charge on any atom is -0.406 e. The molecule has 216 valence electrons. The highest BCUT2D eigenvalue weighted by Gasteiger charge is 2.34. The number of benzene rings is 1. The number of nitrogens with zero attached hydrogens (tertiary/aromatic N) is 3. The summed E-state index contributed by atoms with van der Waals surface area (Å²) in [6.07, 6.45) is 0.860. The van der Waals surface area contributed by atoms with Crippen LogP contribution in [0.5, 0.6) is 5.75 Å². The number of aromatic amines is 1. The number of hydrogen-bond acceptors (Lipinski definition) is 7. The van der Waals surface area contributed by atoms with Crippen molar-refractivity contribution in [3.63, 3.8) is 0 Å². The molecule has 13 heteroatoms. The van der Waals surface area contributed by atoms with E-state index in [0.717, 1.165) is 53.2 Å². The van der Waals surface area contributed by atoms with Gasteiger partial charge in [-0.1, -0.05) is 6.08 Å². The smallest absolute Gasteiger partial charge is 0.406 e. The molecule has 9 nitrogen and oxygen atoms in total. The van der Waals surface area contributed by atoms with Gasteiger partial charge >= 0.3 is 6.36 Å². The van der Waals surface area contributed by atoms with Crippen LogP contribution in [0.2, 0.25) is 0 Å². The van der Waals surface area contributed by atoms with Gasteiger partial charge in [0.15, 0.2) is 0 Å². The van der Waals surface area contributed by atoms with Crippen molar-refractivity contribution in [3.05, 3.63) is 48.4 Å². The third-order valence-electron chi connectivity index (χ3n) is 7.06. The molecule has 5 rings (SSSR count). The van der Waals surface area contributed by atoms with Crippen LogP contribution in [-0.2, 0) is 10.0 Å². The first kappa shape index (κ1) is 28.4. The van der Waals surface area contributed by atoms with Gasteiger partial charge in [0.05, 0.1) is 10.3 Å². The van der Waals surface area contributed by atoms with Gasteiger partial charge in [-0.25, -0.2) is 23.1 Å². The zero-order valence-corrected chi connectivity index (χ0v) is 23.6. The summed E-state index contributed by atoms with van der Waals surface area (Å²) >= 11 is 0. The summed E-state index contributed by atoms with van der Waals surface area (Å²) in [5.74, 6) is 0.315. The molecule has 0 bridgehead atoms. The summed E-state index contributed by atoms with van der Waals surface area (Å²) in [6.45, 7) is 9.82. The number of H-pyrrole nitrogens is 1. The van der Waals surface area contributed by atoms with Gasteiger partial charge in [-0.2, -0.15) is 0 Å². The van der Waals surface area contributed by atoms with E-state index < -0.39 is 22.1 Å². The Balaban J connectivity index is 1.27. The molecular weight excluding hydrogens is 545 g/mol. The number of rotatable bonds is 6. The first-order valence-electron chi connectivity index (χ1n) is 13.1. The summed E-state index contributed by atoms with van der Waals surface area (Å²) in [7, 11) is -3.91. The maximum Gasteiger partial charge on any atom is 0.573 e. The Morgan fingerprint density at radius 2 is 1.75 bits per heavy atom. The van der Waals surface area contributed by atoms with Crippen molar-refractivity contribution in [1.82, 2.24) is 25.0 Å². The summed E-state index contributed by atoms with van der Waals surface area (Å²) in [4.78, 5) is 14.5. The lowest BCUT2D eigenvalue weighted by Gasteiger charge is -2.41. The molecule has 0 aliphatic carbocycles. The lowest BCUT2D eigenvalue weighted by molar-refractivity contribution is -0.274. The van der Waals surface area contributed by atoms with Crippen LogP contribution in [0.25, 0.3) is 16.6 Å². The van der Waals surface area contributed by atoms with E-state index in [1.165, 1.54) is 11.9 Å². The third kappa shape index (κ3) is 6.42. The van der Waals surface area contributed by atoms with Crippen molar-refractivity contribution in [2.75, 3.05) is 18.0 Å². The van der Waals surface area contributed by atoms with Crippen molar-refractivity contribution in [2.24, 2.45) is 0 Å². The van der Waals surface area contributed by atoms with Gasteiger partial charge in [-0.3, -0.25) is 0 Å². The fraction of sp³-hybridized carbons (Fsp3) is 0.481. The molecule has 1 fully saturated rings. The molecule has 3 N–H and O–H groups in total. The molecule has 0 radical (unpaired) electrons. The van der Waals surface area contributed by atoms with E-state index in [0.29, 0.717) is 25.9 Å². The predicted molar refractivity (Wildman–Crippen MR) is 146 cm³/mol. The second kappa shape index (κ2) is 10.0. The van der Waals surface area contributed by atoms with Crippen molar-refractivity contribution >= 4 is 32.4 Å². The minimum atomic E-state index is -4.84. The van der Waals surface area contributed by atoms with Gasteiger partial charge in [0.1, 0.15) is 23.5 Å². The molecule has 0 unspecified atom stereocenters. The van der Waals surface area contributed by atoms with Crippen LogP contribution in [0.3, 0.4) is 0 Å². The average molecular weight is 579 g/mol. The standard InChI is InChI=1S/C27H33F3N6O3S/c1-25(2)14-17(15-26(3,4)35-25)22-13-21-23(33-22)31-16-32-24(21)36-11-9-18(10-12-36)34-40(37,38)20-7-5-19(6-8-20)39-27(28,29)30/h5-8,13-14,16,18,34-35H,9-12,15H2,1-4H3,(H,31,32,33). The Morgan fingerprint density at radius 1 is 1.07 bits per heavy atom. The second-order valence-corrected chi connectivity index (χ2v) is 13.3. The lowest BCUT2D eigenvalue weighted by Crippen LogP contribution is -2.53. The number of aromatic nitrogens is 3. The number of halogens is 3. The molecule has 2 aromatic heterocycles. The normalized spacial score (nSPS) is 20.0. The number of anilines is 1. The fourth-order valence-corrected chi connectivity index (χ4v) is 7.06. The van der Waals surface area contributed by atoms with Gasteiger partial charge in [0.25, 0.3) is 0 Å². The van der Waals surface area contributed by atoms with Crippen LogP contribution in [0.1, 0.15) is 52.7 Å². The molecule has 0 spiro atoms. The van der Waals surface area contributed by atoms with Gasteiger partial charge in [0.2, 0.25) is 10.0 Å². The molecule has 0 saturated carbocycles. The molecule has 1 aromatic carbocycles. The van der Waals surface area contributed by atoms with Crippen LogP contribution in [0.15, 0.2) is 47.6 Å². The van der Waals surface area contributed by atoms with Gasteiger partial charge in [-0.15, -0.1) is 13.2 Å². The highest BCUT2D eigenvalue weighted by Crippen LogP contribution is 2.36. The number of nitrogens with one attached hydrogen (secondary N) is 3. The zero-order chi connectivity index (χ0) is 28.9. The Hall–Kier alpha value is -3.16. The highest BCUT2D eigenvalue weighted by molar-refractivity contribution is 7.89. The Labute approximate surface area is 231 Å². The number of ether oxygens (including phenoxy) is 1. The molecule has 2 aliphatic heterocycles. The maximum absolute atomic E-state index is 12.8. The number of piperidine rings is 1. The number of sulfonamides is 1. The van der Waals surface area contributed by atoms with Crippen LogP contribution < -0.4 is 19.7 Å². The maximum atomic E-state index is 12.8. The van der Waals surface area contributed by atoms with Gasteiger partial charge < -0.3 is 19.9 Å². The summed E-state index contributed by atoms with van der Waals surface area (Å²) in [5.41, 5.74) is 2.75. The number of hydrogen-bond donors (Lipinski definition) is 3. The third-order valence-corrected chi connectivity index (χ3v) is 8.60. The minimum absolute atomic E-state index is 0.0620. The van der Waals surface area contributed by atoms with Crippen molar-refractivity contribution in [1.29, 1.82) is 0 Å². The number of fused-ring (bicyclic) bond motifs is 1. The summed E-state index contributed by atoms with van der Waals surface area (Å²) in [6, 6.07) is 5.93. The van der Waals surface area contributed by atoms with E-state index in [2.05, 4.69) is 74.5 Å². The first-order valence-corrected chi connectivity index (χ1v) is 14.6. The van der Waals surface area contributed by atoms with Crippen molar-refractivity contribution in [2.45, 2.75) is 75.3 Å². The topological polar surface area (TPSA) is 112 Å². The SMILES string of the molecule is CC1(C)C=C(c2cc3c(N4CCC(NS(=O)(=O)c5ccc(OC(F)(F)F)cc5)CC4)ncnc3[nH]2)CC(C)(C)N1. The molecule has 1 saturated heterocycles. The Morgan fingerprint density at radius 3 is 2.38 bits per heavy atom. The van der Waals surface area contributed by atoms with Gasteiger partial charge in [-0.05, 0) is 82.9 Å². The predicted octanol–water partition coefficient (Wildman–Crippen LogP) is 4.74. The second-order valence-electron chi connectivity index (χ2n) is 11.6. The average Bonchev–Trinajstić information content (AvgIpc) is 3.27. The summed E-state index contributed by atoms with van der Waals surface area (Å²) in [5, 5.41) is 4.56. The lowest BCUT2D eigenvalue weighted by atomic mass is 9.82. The van der Waals surface area contributed by atoms with Crippen LogP contribution in [-0.4, -0.2) is 59.9 Å². The first-order chi connectivity index (χ1) is 18.6. The quantitative estimate of drug-likeness (QED) is 0.388. The van der Waals surface area contributed by atoms with Crippen molar-refractivity contribution < 1.29 is 26.3 Å². The molecule has 3 aromatic rings. The molecule has 0 atom stereocenters. The Kier molecular flexibility index (Phi) is 7.12. The number of alkyl halides is 3. The monoisotopic (exact) mass is 578 g/mol. The molecule has 40 heavy (non-hydrogen) atoms. The molecule has 4 heterocycles.